The van der Waals surface area contributed by atoms with E-state index in [1.807, 2.05) is 36.4 Å². The van der Waals surface area contributed by atoms with Crippen molar-refractivity contribution in [1.29, 1.82) is 0 Å². The summed E-state index contributed by atoms with van der Waals surface area (Å²) in [7, 11) is 1.60. The molecule has 1 aliphatic heterocycles. The summed E-state index contributed by atoms with van der Waals surface area (Å²) in [4.78, 5) is 26.7. The van der Waals surface area contributed by atoms with Gasteiger partial charge in [0.25, 0.3) is 0 Å². The number of aryl methyl sites for hydroxylation is 1. The highest BCUT2D eigenvalue weighted by Crippen LogP contribution is 2.27. The lowest BCUT2D eigenvalue weighted by atomic mass is 10.0. The van der Waals surface area contributed by atoms with Crippen molar-refractivity contribution in [3.8, 4) is 5.75 Å². The molecule has 2 aromatic rings. The molecule has 0 saturated carbocycles. The van der Waals surface area contributed by atoms with E-state index in [4.69, 9.17) is 4.74 Å². The van der Waals surface area contributed by atoms with Crippen LogP contribution in [0.2, 0.25) is 0 Å². The fourth-order valence-electron chi connectivity index (χ4n) is 3.78. The Kier molecular flexibility index (Phi) is 6.75. The molecule has 3 rings (SSSR count). The zero-order valence-electron chi connectivity index (χ0n) is 17.3. The Labute approximate surface area is 172 Å². The van der Waals surface area contributed by atoms with Crippen LogP contribution in [0.3, 0.4) is 0 Å². The lowest BCUT2D eigenvalue weighted by molar-refractivity contribution is -0.120. The molecule has 0 aliphatic carbocycles. The van der Waals surface area contributed by atoms with Gasteiger partial charge in [0.1, 0.15) is 5.75 Å². The normalized spacial score (nSPS) is 14.4. The number of hydrogen-bond donors (Lipinski definition) is 2. The fourth-order valence-corrected chi connectivity index (χ4v) is 3.78. The molecular formula is C23H29N3O3. The van der Waals surface area contributed by atoms with Gasteiger partial charge in [0.2, 0.25) is 11.8 Å². The van der Waals surface area contributed by atoms with Crippen LogP contribution < -0.4 is 20.3 Å². The SMILES string of the molecule is COc1ccc(C(CC(=O)Nc2ccc(N3CCCC3)c(C)c2)NC(C)=O)cc1. The maximum absolute atomic E-state index is 12.7. The van der Waals surface area contributed by atoms with Crippen LogP contribution >= 0.6 is 0 Å². The second kappa shape index (κ2) is 9.45. The summed E-state index contributed by atoms with van der Waals surface area (Å²) in [5, 5.41) is 5.82. The average molecular weight is 396 g/mol. The highest BCUT2D eigenvalue weighted by atomic mass is 16.5. The van der Waals surface area contributed by atoms with E-state index in [1.54, 1.807) is 7.11 Å². The molecule has 2 amide bonds. The van der Waals surface area contributed by atoms with Crippen LogP contribution in [0.15, 0.2) is 42.5 Å². The van der Waals surface area contributed by atoms with Gasteiger partial charge in [0.05, 0.1) is 19.6 Å². The smallest absolute Gasteiger partial charge is 0.226 e. The number of hydrogen-bond acceptors (Lipinski definition) is 4. The van der Waals surface area contributed by atoms with E-state index in [2.05, 4.69) is 28.5 Å². The first kappa shape index (κ1) is 20.7. The molecule has 0 aromatic heterocycles. The van der Waals surface area contributed by atoms with Gasteiger partial charge in [0, 0.05) is 31.4 Å². The maximum Gasteiger partial charge on any atom is 0.226 e. The number of nitrogens with one attached hydrogen (secondary N) is 2. The highest BCUT2D eigenvalue weighted by Gasteiger charge is 2.18. The lowest BCUT2D eigenvalue weighted by Crippen LogP contribution is -2.29. The molecule has 0 radical (unpaired) electrons. The summed E-state index contributed by atoms with van der Waals surface area (Å²) >= 11 is 0. The number of nitrogens with zero attached hydrogens (tertiary/aromatic N) is 1. The summed E-state index contributed by atoms with van der Waals surface area (Å²) in [5.74, 6) is 0.408. The van der Waals surface area contributed by atoms with Crippen LogP contribution in [0.5, 0.6) is 5.75 Å². The minimum Gasteiger partial charge on any atom is -0.497 e. The third-order valence-corrected chi connectivity index (χ3v) is 5.21. The van der Waals surface area contributed by atoms with Crippen molar-refractivity contribution in [2.75, 3.05) is 30.4 Å². The number of amides is 2. The molecular weight excluding hydrogens is 366 g/mol. The van der Waals surface area contributed by atoms with E-state index in [1.165, 1.54) is 25.5 Å². The first-order valence-corrected chi connectivity index (χ1v) is 10.0. The van der Waals surface area contributed by atoms with Crippen molar-refractivity contribution in [1.82, 2.24) is 5.32 Å². The summed E-state index contributed by atoms with van der Waals surface area (Å²) in [6, 6.07) is 13.0. The van der Waals surface area contributed by atoms with E-state index < -0.39 is 6.04 Å². The van der Waals surface area contributed by atoms with Crippen molar-refractivity contribution < 1.29 is 14.3 Å². The summed E-state index contributed by atoms with van der Waals surface area (Å²) < 4.78 is 5.18. The number of methoxy groups -OCH3 is 1. The van der Waals surface area contributed by atoms with Crippen molar-refractivity contribution in [2.45, 2.75) is 39.2 Å². The Balaban J connectivity index is 1.67. The van der Waals surface area contributed by atoms with Crippen molar-refractivity contribution in [2.24, 2.45) is 0 Å². The van der Waals surface area contributed by atoms with E-state index in [9.17, 15) is 9.59 Å². The predicted octanol–water partition coefficient (Wildman–Crippen LogP) is 3.81. The molecule has 6 heteroatoms. The monoisotopic (exact) mass is 395 g/mol. The van der Waals surface area contributed by atoms with Crippen LogP contribution in [-0.4, -0.2) is 32.0 Å². The highest BCUT2D eigenvalue weighted by molar-refractivity contribution is 5.92. The van der Waals surface area contributed by atoms with Gasteiger partial charge in [-0.05, 0) is 61.2 Å². The fraction of sp³-hybridized carbons (Fsp3) is 0.391. The van der Waals surface area contributed by atoms with Crippen LogP contribution in [-0.2, 0) is 9.59 Å². The van der Waals surface area contributed by atoms with E-state index in [0.717, 1.165) is 35.7 Å². The van der Waals surface area contributed by atoms with Gasteiger partial charge in [-0.3, -0.25) is 9.59 Å². The maximum atomic E-state index is 12.7. The van der Waals surface area contributed by atoms with E-state index in [-0.39, 0.29) is 18.2 Å². The number of carbonyl (C=O) groups excluding carboxylic acids is 2. The molecule has 1 unspecified atom stereocenters. The molecule has 1 heterocycles. The Morgan fingerprint density at radius 1 is 1.10 bits per heavy atom. The Hall–Kier alpha value is -3.02. The van der Waals surface area contributed by atoms with Crippen molar-refractivity contribution >= 4 is 23.2 Å². The summed E-state index contributed by atoms with van der Waals surface area (Å²) in [5.41, 5.74) is 4.01. The standard InChI is InChI=1S/C23H29N3O3/c1-16-14-19(8-11-22(16)26-12-4-5-13-26)25-23(28)15-21(24-17(2)27)18-6-9-20(29-3)10-7-18/h6-11,14,21H,4-5,12-13,15H2,1-3H3,(H,24,27)(H,25,28). The van der Waals surface area contributed by atoms with Crippen LogP contribution in [0.1, 0.15) is 43.4 Å². The molecule has 0 bridgehead atoms. The average Bonchev–Trinajstić information content (AvgIpc) is 3.22. The molecule has 1 atom stereocenters. The largest absolute Gasteiger partial charge is 0.497 e. The van der Waals surface area contributed by atoms with Gasteiger partial charge < -0.3 is 20.3 Å². The van der Waals surface area contributed by atoms with Crippen LogP contribution in [0, 0.1) is 6.92 Å². The Morgan fingerprint density at radius 3 is 2.38 bits per heavy atom. The first-order chi connectivity index (χ1) is 14.0. The van der Waals surface area contributed by atoms with Gasteiger partial charge in [-0.1, -0.05) is 12.1 Å². The zero-order chi connectivity index (χ0) is 20.8. The first-order valence-electron chi connectivity index (χ1n) is 10.0. The molecule has 29 heavy (non-hydrogen) atoms. The summed E-state index contributed by atoms with van der Waals surface area (Å²) in [6.07, 6.45) is 2.61. The van der Waals surface area contributed by atoms with E-state index >= 15 is 0 Å². The molecule has 1 fully saturated rings. The topological polar surface area (TPSA) is 70.7 Å². The second-order valence-electron chi connectivity index (χ2n) is 7.47. The van der Waals surface area contributed by atoms with Gasteiger partial charge in [0.15, 0.2) is 0 Å². The number of carbonyl (C=O) groups is 2. The van der Waals surface area contributed by atoms with Gasteiger partial charge in [-0.2, -0.15) is 0 Å². The van der Waals surface area contributed by atoms with Crippen molar-refractivity contribution in [3.63, 3.8) is 0 Å². The van der Waals surface area contributed by atoms with E-state index in [0.29, 0.717) is 0 Å². The Morgan fingerprint density at radius 2 is 1.79 bits per heavy atom. The number of benzene rings is 2. The lowest BCUT2D eigenvalue weighted by Gasteiger charge is -2.21. The van der Waals surface area contributed by atoms with Gasteiger partial charge in [-0.15, -0.1) is 0 Å². The quantitative estimate of drug-likeness (QED) is 0.748. The number of ether oxygens (including phenoxy) is 1. The number of rotatable bonds is 7. The molecule has 2 N–H and O–H groups in total. The van der Waals surface area contributed by atoms with Gasteiger partial charge >= 0.3 is 0 Å². The summed E-state index contributed by atoms with van der Waals surface area (Å²) in [6.45, 7) is 5.70. The van der Waals surface area contributed by atoms with Gasteiger partial charge in [-0.25, -0.2) is 0 Å². The molecule has 1 aliphatic rings. The molecule has 0 spiro atoms. The van der Waals surface area contributed by atoms with Crippen LogP contribution in [0.25, 0.3) is 0 Å². The molecule has 2 aromatic carbocycles. The predicted molar refractivity (Wildman–Crippen MR) is 115 cm³/mol. The number of anilines is 2. The molecule has 154 valence electrons. The van der Waals surface area contributed by atoms with Crippen molar-refractivity contribution in [3.05, 3.63) is 53.6 Å². The minimum atomic E-state index is -0.400. The molecule has 1 saturated heterocycles. The minimum absolute atomic E-state index is 0.145. The zero-order valence-corrected chi connectivity index (χ0v) is 17.3. The third-order valence-electron chi connectivity index (χ3n) is 5.21. The molecule has 6 nitrogen and oxygen atoms in total. The second-order valence-corrected chi connectivity index (χ2v) is 7.47. The third kappa shape index (κ3) is 5.50. The van der Waals surface area contributed by atoms with Crippen LogP contribution in [0.4, 0.5) is 11.4 Å². The Bertz CT molecular complexity index is 858.